The molecule has 0 radical (unpaired) electrons. The molecule has 20 heavy (non-hydrogen) atoms. The van der Waals surface area contributed by atoms with Gasteiger partial charge in [-0.2, -0.15) is 0 Å². The Hall–Kier alpha value is -1.08. The van der Waals surface area contributed by atoms with Crippen LogP contribution in [0.25, 0.3) is 0 Å². The molecule has 2 fully saturated rings. The van der Waals surface area contributed by atoms with Crippen molar-refractivity contribution in [1.82, 2.24) is 10.2 Å². The van der Waals surface area contributed by atoms with E-state index >= 15 is 0 Å². The summed E-state index contributed by atoms with van der Waals surface area (Å²) in [5.74, 6) is -0.110. The highest BCUT2D eigenvalue weighted by atomic mass is 32.2. The van der Waals surface area contributed by atoms with Crippen molar-refractivity contribution in [3.05, 3.63) is 0 Å². The van der Waals surface area contributed by atoms with Gasteiger partial charge in [-0.15, -0.1) is 0 Å². The zero-order valence-electron chi connectivity index (χ0n) is 11.6. The standard InChI is InChI=1S/C13H20N2O4S/c1-2-19-7-11(16)14-9-5-3-4-6-10(9)15-12(17)8-20-13(15)18/h9-10H,2-8H2,1H3,(H,14,16). The third-order valence-corrected chi connectivity index (χ3v) is 4.46. The first-order valence-electron chi connectivity index (χ1n) is 6.99. The maximum absolute atomic E-state index is 11.8. The minimum Gasteiger partial charge on any atom is -0.372 e. The van der Waals surface area contributed by atoms with Crippen LogP contribution in [-0.4, -0.2) is 53.0 Å². The minimum absolute atomic E-state index is 0.0242. The summed E-state index contributed by atoms with van der Waals surface area (Å²) in [7, 11) is 0. The van der Waals surface area contributed by atoms with Crippen molar-refractivity contribution in [3.8, 4) is 0 Å². The predicted octanol–water partition coefficient (Wildman–Crippen LogP) is 1.15. The maximum Gasteiger partial charge on any atom is 0.289 e. The van der Waals surface area contributed by atoms with Crippen molar-refractivity contribution < 1.29 is 19.1 Å². The Morgan fingerprint density at radius 1 is 1.40 bits per heavy atom. The van der Waals surface area contributed by atoms with Crippen molar-refractivity contribution in [3.63, 3.8) is 0 Å². The molecule has 7 heteroatoms. The van der Waals surface area contributed by atoms with Crippen molar-refractivity contribution in [2.75, 3.05) is 19.0 Å². The molecule has 2 atom stereocenters. The van der Waals surface area contributed by atoms with Crippen molar-refractivity contribution in [2.24, 2.45) is 0 Å². The summed E-state index contributed by atoms with van der Waals surface area (Å²) in [5, 5.41) is 2.71. The summed E-state index contributed by atoms with van der Waals surface area (Å²) in [4.78, 5) is 36.8. The molecule has 1 aliphatic heterocycles. The predicted molar refractivity (Wildman–Crippen MR) is 75.4 cm³/mol. The fraction of sp³-hybridized carbons (Fsp3) is 0.769. The van der Waals surface area contributed by atoms with Crippen LogP contribution >= 0.6 is 11.8 Å². The first kappa shape index (κ1) is 15.3. The monoisotopic (exact) mass is 300 g/mol. The quantitative estimate of drug-likeness (QED) is 0.824. The topological polar surface area (TPSA) is 75.7 Å². The number of hydrogen-bond acceptors (Lipinski definition) is 5. The lowest BCUT2D eigenvalue weighted by atomic mass is 9.89. The van der Waals surface area contributed by atoms with E-state index in [0.717, 1.165) is 37.4 Å². The number of thioether (sulfide) groups is 1. The molecule has 2 rings (SSSR count). The van der Waals surface area contributed by atoms with E-state index in [0.29, 0.717) is 6.61 Å². The number of nitrogens with one attached hydrogen (secondary N) is 1. The van der Waals surface area contributed by atoms with Crippen molar-refractivity contribution in [1.29, 1.82) is 0 Å². The van der Waals surface area contributed by atoms with Crippen LogP contribution in [0.1, 0.15) is 32.6 Å². The normalized spacial score (nSPS) is 26.9. The summed E-state index contributed by atoms with van der Waals surface area (Å²) in [6.07, 6.45) is 3.53. The van der Waals surface area contributed by atoms with Crippen molar-refractivity contribution in [2.45, 2.75) is 44.7 Å². The molecule has 1 saturated heterocycles. The van der Waals surface area contributed by atoms with Gasteiger partial charge in [0.05, 0.1) is 11.8 Å². The molecule has 1 aliphatic carbocycles. The first-order valence-corrected chi connectivity index (χ1v) is 7.98. The molecule has 3 amide bonds. The van der Waals surface area contributed by atoms with Crippen LogP contribution in [-0.2, 0) is 14.3 Å². The van der Waals surface area contributed by atoms with Crippen LogP contribution in [0, 0.1) is 0 Å². The number of rotatable bonds is 5. The Morgan fingerprint density at radius 2 is 2.15 bits per heavy atom. The lowest BCUT2D eigenvalue weighted by Gasteiger charge is -2.36. The zero-order chi connectivity index (χ0) is 14.5. The first-order chi connectivity index (χ1) is 9.63. The Bertz CT molecular complexity index is 386. The van der Waals surface area contributed by atoms with Crippen LogP contribution in [0.2, 0.25) is 0 Å². The van der Waals surface area contributed by atoms with E-state index in [-0.39, 0.29) is 41.5 Å². The van der Waals surface area contributed by atoms with Gasteiger partial charge in [-0.3, -0.25) is 19.3 Å². The number of carbonyl (C=O) groups is 3. The molecular formula is C13H20N2O4S. The molecule has 1 N–H and O–H groups in total. The van der Waals surface area contributed by atoms with Crippen LogP contribution in [0.5, 0.6) is 0 Å². The molecule has 6 nitrogen and oxygen atoms in total. The number of nitrogens with zero attached hydrogens (tertiary/aromatic N) is 1. The molecule has 0 aromatic rings. The smallest absolute Gasteiger partial charge is 0.289 e. The lowest BCUT2D eigenvalue weighted by molar-refractivity contribution is -0.130. The fourth-order valence-electron chi connectivity index (χ4n) is 2.72. The van der Waals surface area contributed by atoms with Crippen LogP contribution in [0.4, 0.5) is 4.79 Å². The molecule has 0 aromatic heterocycles. The summed E-state index contributed by atoms with van der Waals surface area (Å²) >= 11 is 1.04. The Morgan fingerprint density at radius 3 is 2.80 bits per heavy atom. The number of ether oxygens (including phenoxy) is 1. The van der Waals surface area contributed by atoms with Gasteiger partial charge in [0.25, 0.3) is 5.24 Å². The van der Waals surface area contributed by atoms with Gasteiger partial charge in [-0.05, 0) is 19.8 Å². The van der Waals surface area contributed by atoms with E-state index in [1.807, 2.05) is 6.92 Å². The van der Waals surface area contributed by atoms with E-state index in [1.165, 1.54) is 4.90 Å². The molecule has 0 bridgehead atoms. The van der Waals surface area contributed by atoms with Gasteiger partial charge in [-0.1, -0.05) is 24.6 Å². The van der Waals surface area contributed by atoms with E-state index < -0.39 is 0 Å². The Labute approximate surface area is 122 Å². The summed E-state index contributed by atoms with van der Waals surface area (Å²) in [6, 6.07) is -0.354. The van der Waals surface area contributed by atoms with Gasteiger partial charge < -0.3 is 10.1 Å². The lowest BCUT2D eigenvalue weighted by Crippen LogP contribution is -2.55. The number of hydrogen-bond donors (Lipinski definition) is 1. The minimum atomic E-state index is -0.204. The van der Waals surface area contributed by atoms with Gasteiger partial charge >= 0.3 is 0 Å². The largest absolute Gasteiger partial charge is 0.372 e. The fourth-order valence-corrected chi connectivity index (χ4v) is 3.48. The Kier molecular flexibility index (Phi) is 5.42. The van der Waals surface area contributed by atoms with E-state index in [9.17, 15) is 14.4 Å². The molecular weight excluding hydrogens is 280 g/mol. The summed E-state index contributed by atoms with van der Waals surface area (Å²) < 4.78 is 5.08. The van der Waals surface area contributed by atoms with Gasteiger partial charge in [0.2, 0.25) is 11.8 Å². The molecule has 1 saturated carbocycles. The van der Waals surface area contributed by atoms with Gasteiger partial charge in [0.1, 0.15) is 6.61 Å². The second kappa shape index (κ2) is 7.08. The molecule has 2 aliphatic rings. The second-order valence-electron chi connectivity index (χ2n) is 4.98. The highest BCUT2D eigenvalue weighted by Gasteiger charge is 2.41. The maximum atomic E-state index is 11.8. The van der Waals surface area contributed by atoms with Gasteiger partial charge in [-0.25, -0.2) is 0 Å². The van der Waals surface area contributed by atoms with Crippen LogP contribution in [0.15, 0.2) is 0 Å². The average molecular weight is 300 g/mol. The second-order valence-corrected chi connectivity index (χ2v) is 5.91. The highest BCUT2D eigenvalue weighted by molar-refractivity contribution is 8.14. The summed E-state index contributed by atoms with van der Waals surface area (Å²) in [6.45, 7) is 2.34. The van der Waals surface area contributed by atoms with Crippen molar-refractivity contribution >= 4 is 28.8 Å². The molecule has 2 unspecified atom stereocenters. The molecule has 112 valence electrons. The number of imide groups is 1. The summed E-state index contributed by atoms with van der Waals surface area (Å²) in [5.41, 5.74) is 0. The zero-order valence-corrected chi connectivity index (χ0v) is 12.4. The highest BCUT2D eigenvalue weighted by Crippen LogP contribution is 2.29. The van der Waals surface area contributed by atoms with E-state index in [1.54, 1.807) is 0 Å². The third-order valence-electron chi connectivity index (χ3n) is 3.63. The third kappa shape index (κ3) is 3.52. The van der Waals surface area contributed by atoms with Gasteiger partial charge in [0.15, 0.2) is 0 Å². The molecule has 0 aromatic carbocycles. The number of amides is 3. The van der Waals surface area contributed by atoms with E-state index in [4.69, 9.17) is 4.74 Å². The molecule has 1 heterocycles. The SMILES string of the molecule is CCOCC(=O)NC1CCCCC1N1C(=O)CSC1=O. The number of carbonyl (C=O) groups excluding carboxylic acids is 3. The van der Waals surface area contributed by atoms with E-state index in [2.05, 4.69) is 5.32 Å². The van der Waals surface area contributed by atoms with Gasteiger partial charge in [0, 0.05) is 12.6 Å². The average Bonchev–Trinajstić information content (AvgIpc) is 2.77. The van der Waals surface area contributed by atoms with Crippen LogP contribution < -0.4 is 5.32 Å². The molecule has 0 spiro atoms. The Balaban J connectivity index is 1.99. The van der Waals surface area contributed by atoms with Crippen LogP contribution in [0.3, 0.4) is 0 Å².